The summed E-state index contributed by atoms with van der Waals surface area (Å²) in [5, 5.41) is 0.765. The first-order valence-electron chi connectivity index (χ1n) is 6.00. The summed E-state index contributed by atoms with van der Waals surface area (Å²) in [4.78, 5) is 20.5. The van der Waals surface area contributed by atoms with Crippen LogP contribution in [0.2, 0.25) is 0 Å². The third-order valence-electron chi connectivity index (χ3n) is 2.99. The van der Waals surface area contributed by atoms with Gasteiger partial charge in [-0.3, -0.25) is 9.36 Å². The molecule has 5 nitrogen and oxygen atoms in total. The van der Waals surface area contributed by atoms with Gasteiger partial charge in [0.15, 0.2) is 0 Å². The van der Waals surface area contributed by atoms with Crippen molar-refractivity contribution in [2.24, 2.45) is 0 Å². The van der Waals surface area contributed by atoms with Crippen LogP contribution in [0.1, 0.15) is 5.56 Å². The molecule has 0 saturated heterocycles. The van der Waals surface area contributed by atoms with Gasteiger partial charge in [-0.05, 0) is 27.6 Å². The highest BCUT2D eigenvalue weighted by molar-refractivity contribution is 9.10. The molecule has 0 aliphatic heterocycles. The zero-order valence-corrected chi connectivity index (χ0v) is 12.0. The second-order valence-electron chi connectivity index (χ2n) is 4.38. The van der Waals surface area contributed by atoms with Crippen molar-refractivity contribution in [3.63, 3.8) is 0 Å². The van der Waals surface area contributed by atoms with E-state index in [1.165, 1.54) is 0 Å². The van der Waals surface area contributed by atoms with E-state index in [1.807, 2.05) is 30.3 Å². The SMILES string of the molecule is Nc1ncc2cc(Br)c(=O)n(Cc3ccccc3)c2n1. The fraction of sp³-hybridized carbons (Fsp3) is 0.0714. The predicted molar refractivity (Wildman–Crippen MR) is 81.5 cm³/mol. The molecule has 0 radical (unpaired) electrons. The minimum Gasteiger partial charge on any atom is -0.368 e. The summed E-state index contributed by atoms with van der Waals surface area (Å²) < 4.78 is 2.07. The van der Waals surface area contributed by atoms with Crippen molar-refractivity contribution in [3.8, 4) is 0 Å². The van der Waals surface area contributed by atoms with Crippen molar-refractivity contribution in [2.75, 3.05) is 5.73 Å². The van der Waals surface area contributed by atoms with E-state index in [0.717, 1.165) is 10.9 Å². The van der Waals surface area contributed by atoms with Crippen molar-refractivity contribution in [1.29, 1.82) is 0 Å². The van der Waals surface area contributed by atoms with Crippen LogP contribution in [0.15, 0.2) is 51.9 Å². The summed E-state index contributed by atoms with van der Waals surface area (Å²) in [5.41, 5.74) is 7.04. The van der Waals surface area contributed by atoms with Gasteiger partial charge in [0.1, 0.15) is 5.65 Å². The predicted octanol–water partition coefficient (Wildman–Crippen LogP) is 2.18. The molecule has 6 heteroatoms. The number of hydrogen-bond acceptors (Lipinski definition) is 4. The number of fused-ring (bicyclic) bond motifs is 1. The van der Waals surface area contributed by atoms with Crippen LogP contribution < -0.4 is 11.3 Å². The van der Waals surface area contributed by atoms with E-state index in [9.17, 15) is 4.79 Å². The molecule has 0 aliphatic rings. The highest BCUT2D eigenvalue weighted by Gasteiger charge is 2.10. The van der Waals surface area contributed by atoms with Gasteiger partial charge in [0.2, 0.25) is 5.95 Å². The first-order chi connectivity index (χ1) is 9.65. The number of benzene rings is 1. The summed E-state index contributed by atoms with van der Waals surface area (Å²) in [6, 6.07) is 11.4. The average molecular weight is 331 g/mol. The lowest BCUT2D eigenvalue weighted by Gasteiger charge is -2.10. The Morgan fingerprint density at radius 1 is 1.25 bits per heavy atom. The molecule has 0 aliphatic carbocycles. The first-order valence-corrected chi connectivity index (χ1v) is 6.80. The molecule has 3 aromatic rings. The van der Waals surface area contributed by atoms with E-state index in [1.54, 1.807) is 16.8 Å². The largest absolute Gasteiger partial charge is 0.368 e. The molecule has 2 aromatic heterocycles. The van der Waals surface area contributed by atoms with Gasteiger partial charge in [-0.1, -0.05) is 30.3 Å². The standard InChI is InChI=1S/C14H11BrN4O/c15-11-6-10-7-17-14(16)18-12(10)19(13(11)20)8-9-4-2-1-3-5-9/h1-7H,8H2,(H2,16,17,18). The zero-order chi connectivity index (χ0) is 14.1. The van der Waals surface area contributed by atoms with Crippen molar-refractivity contribution in [3.05, 3.63) is 63.0 Å². The second kappa shape index (κ2) is 5.05. The van der Waals surface area contributed by atoms with Crippen LogP contribution in [0.3, 0.4) is 0 Å². The van der Waals surface area contributed by atoms with E-state index < -0.39 is 0 Å². The van der Waals surface area contributed by atoms with Crippen molar-refractivity contribution < 1.29 is 0 Å². The van der Waals surface area contributed by atoms with Crippen LogP contribution in [0.5, 0.6) is 0 Å². The third kappa shape index (κ3) is 2.30. The van der Waals surface area contributed by atoms with Crippen molar-refractivity contribution >= 4 is 32.9 Å². The smallest absolute Gasteiger partial charge is 0.266 e. The van der Waals surface area contributed by atoms with Crippen LogP contribution in [0.4, 0.5) is 5.95 Å². The van der Waals surface area contributed by atoms with Crippen LogP contribution in [0.25, 0.3) is 11.0 Å². The quantitative estimate of drug-likeness (QED) is 0.781. The molecule has 0 unspecified atom stereocenters. The molecule has 2 heterocycles. The van der Waals surface area contributed by atoms with E-state index >= 15 is 0 Å². The van der Waals surface area contributed by atoms with Crippen molar-refractivity contribution in [2.45, 2.75) is 6.54 Å². The molecular formula is C14H11BrN4O. The lowest BCUT2D eigenvalue weighted by molar-refractivity contribution is 0.778. The summed E-state index contributed by atoms with van der Waals surface area (Å²) in [5.74, 6) is 0.154. The molecule has 100 valence electrons. The average Bonchev–Trinajstić information content (AvgIpc) is 2.46. The first kappa shape index (κ1) is 12.8. The number of aromatic nitrogens is 3. The van der Waals surface area contributed by atoms with Crippen LogP contribution in [-0.4, -0.2) is 14.5 Å². The number of nitrogen functional groups attached to an aromatic ring is 1. The number of anilines is 1. The van der Waals surface area contributed by atoms with Crippen molar-refractivity contribution in [1.82, 2.24) is 14.5 Å². The molecule has 2 N–H and O–H groups in total. The summed E-state index contributed by atoms with van der Waals surface area (Å²) >= 11 is 3.28. The Balaban J connectivity index is 2.24. The molecule has 1 aromatic carbocycles. The molecule has 0 atom stereocenters. The number of nitrogens with two attached hydrogens (primary N) is 1. The Hall–Kier alpha value is -2.21. The molecular weight excluding hydrogens is 320 g/mol. The van der Waals surface area contributed by atoms with Gasteiger partial charge in [0, 0.05) is 11.6 Å². The van der Waals surface area contributed by atoms with E-state index in [0.29, 0.717) is 16.7 Å². The van der Waals surface area contributed by atoms with Crippen LogP contribution in [-0.2, 0) is 6.54 Å². The molecule has 20 heavy (non-hydrogen) atoms. The van der Waals surface area contributed by atoms with Gasteiger partial charge >= 0.3 is 0 Å². The number of rotatable bonds is 2. The number of pyridine rings is 1. The van der Waals surface area contributed by atoms with E-state index in [4.69, 9.17) is 5.73 Å². The molecule has 0 fully saturated rings. The topological polar surface area (TPSA) is 73.8 Å². The number of halogens is 1. The molecule has 0 spiro atoms. The summed E-state index contributed by atoms with van der Waals surface area (Å²) in [6.45, 7) is 0.437. The molecule has 0 saturated carbocycles. The Morgan fingerprint density at radius 2 is 2.00 bits per heavy atom. The highest BCUT2D eigenvalue weighted by atomic mass is 79.9. The highest BCUT2D eigenvalue weighted by Crippen LogP contribution is 2.16. The minimum atomic E-state index is -0.139. The van der Waals surface area contributed by atoms with Gasteiger partial charge in [0.05, 0.1) is 11.0 Å². The van der Waals surface area contributed by atoms with E-state index in [2.05, 4.69) is 25.9 Å². The third-order valence-corrected chi connectivity index (χ3v) is 3.55. The molecule has 0 bridgehead atoms. The maximum absolute atomic E-state index is 12.3. The number of nitrogens with zero attached hydrogens (tertiary/aromatic N) is 3. The minimum absolute atomic E-state index is 0.139. The van der Waals surface area contributed by atoms with Gasteiger partial charge in [0.25, 0.3) is 5.56 Å². The van der Waals surface area contributed by atoms with E-state index in [-0.39, 0.29) is 11.5 Å². The fourth-order valence-electron chi connectivity index (χ4n) is 2.05. The van der Waals surface area contributed by atoms with Gasteiger partial charge in [-0.25, -0.2) is 4.98 Å². The Labute approximate surface area is 123 Å². The lowest BCUT2D eigenvalue weighted by atomic mass is 10.2. The Kier molecular flexibility index (Phi) is 3.23. The second-order valence-corrected chi connectivity index (χ2v) is 5.23. The zero-order valence-electron chi connectivity index (χ0n) is 10.5. The maximum Gasteiger partial charge on any atom is 0.266 e. The van der Waals surface area contributed by atoms with Gasteiger partial charge < -0.3 is 5.73 Å². The van der Waals surface area contributed by atoms with Crippen LogP contribution >= 0.6 is 15.9 Å². The lowest BCUT2D eigenvalue weighted by Crippen LogP contribution is -2.22. The van der Waals surface area contributed by atoms with Gasteiger partial charge in [-0.15, -0.1) is 0 Å². The van der Waals surface area contributed by atoms with Crippen LogP contribution in [0, 0.1) is 0 Å². The Morgan fingerprint density at radius 3 is 2.75 bits per heavy atom. The maximum atomic E-state index is 12.3. The summed E-state index contributed by atoms with van der Waals surface area (Å²) in [7, 11) is 0. The fourth-order valence-corrected chi connectivity index (χ4v) is 2.51. The normalized spacial score (nSPS) is 10.8. The number of hydrogen-bond donors (Lipinski definition) is 1. The van der Waals surface area contributed by atoms with Gasteiger partial charge in [-0.2, -0.15) is 4.98 Å². The monoisotopic (exact) mass is 330 g/mol. The molecule has 0 amide bonds. The summed E-state index contributed by atoms with van der Waals surface area (Å²) in [6.07, 6.45) is 1.61. The Bertz CT molecular complexity index is 830. The molecule has 3 rings (SSSR count).